The lowest BCUT2D eigenvalue weighted by Gasteiger charge is -2.10. The molecule has 0 aliphatic carbocycles. The van der Waals surface area contributed by atoms with E-state index in [1.807, 2.05) is 31.2 Å². The summed E-state index contributed by atoms with van der Waals surface area (Å²) in [6.07, 6.45) is 0.448. The van der Waals surface area contributed by atoms with Crippen LogP contribution in [0.15, 0.2) is 24.3 Å². The van der Waals surface area contributed by atoms with Gasteiger partial charge in [0.2, 0.25) is 0 Å². The number of hydrogen-bond acceptors (Lipinski definition) is 2. The summed E-state index contributed by atoms with van der Waals surface area (Å²) in [7, 11) is 0. The number of hydrogen-bond donors (Lipinski definition) is 0. The molecule has 0 amide bonds. The molecule has 3 heteroatoms. The zero-order chi connectivity index (χ0) is 9.97. The number of epoxide rings is 1. The molecule has 2 rings (SSSR count). The van der Waals surface area contributed by atoms with E-state index in [4.69, 9.17) is 21.1 Å². The van der Waals surface area contributed by atoms with Gasteiger partial charge in [-0.05, 0) is 18.6 Å². The highest BCUT2D eigenvalue weighted by atomic mass is 35.5. The highest BCUT2D eigenvalue weighted by Crippen LogP contribution is 2.20. The van der Waals surface area contributed by atoms with Crippen LogP contribution in [0.1, 0.15) is 12.5 Å². The molecule has 14 heavy (non-hydrogen) atoms. The Morgan fingerprint density at radius 3 is 2.93 bits per heavy atom. The molecular formula is C11H13ClO2. The van der Waals surface area contributed by atoms with Crippen molar-refractivity contribution >= 4 is 11.6 Å². The molecule has 0 bridgehead atoms. The maximum absolute atomic E-state index is 5.99. The molecule has 1 fully saturated rings. The Bertz CT molecular complexity index is 310. The lowest BCUT2D eigenvalue weighted by molar-refractivity contribution is 0.0341. The predicted molar refractivity (Wildman–Crippen MR) is 55.4 cm³/mol. The van der Waals surface area contributed by atoms with Crippen molar-refractivity contribution in [2.24, 2.45) is 0 Å². The van der Waals surface area contributed by atoms with Gasteiger partial charge < -0.3 is 9.47 Å². The molecule has 0 unspecified atom stereocenters. The molecule has 2 atom stereocenters. The van der Waals surface area contributed by atoms with E-state index in [1.165, 1.54) is 0 Å². The molecule has 1 heterocycles. The summed E-state index contributed by atoms with van der Waals surface area (Å²) in [5.41, 5.74) is 1.03. The van der Waals surface area contributed by atoms with Crippen LogP contribution in [0.4, 0.5) is 0 Å². The Hall–Kier alpha value is -0.570. The minimum atomic E-state index is 0.159. The maximum Gasteiger partial charge on any atom is 0.107 e. The molecule has 1 aliphatic heterocycles. The number of halogens is 1. The minimum Gasteiger partial charge on any atom is -0.371 e. The van der Waals surface area contributed by atoms with Crippen LogP contribution in [-0.4, -0.2) is 18.8 Å². The fourth-order valence-electron chi connectivity index (χ4n) is 1.27. The summed E-state index contributed by atoms with van der Waals surface area (Å²) in [6, 6.07) is 7.73. The highest BCUT2D eigenvalue weighted by Gasteiger charge is 2.30. The second kappa shape index (κ2) is 4.30. The summed E-state index contributed by atoms with van der Waals surface area (Å²) in [6.45, 7) is 3.40. The van der Waals surface area contributed by atoms with E-state index in [0.29, 0.717) is 6.61 Å². The van der Waals surface area contributed by atoms with Crippen LogP contribution in [0.5, 0.6) is 0 Å². The van der Waals surface area contributed by atoms with Crippen LogP contribution < -0.4 is 0 Å². The van der Waals surface area contributed by atoms with Gasteiger partial charge >= 0.3 is 0 Å². The smallest absolute Gasteiger partial charge is 0.107 e. The van der Waals surface area contributed by atoms with Crippen molar-refractivity contribution in [3.63, 3.8) is 0 Å². The third-order valence-electron chi connectivity index (χ3n) is 2.34. The Morgan fingerprint density at radius 2 is 2.29 bits per heavy atom. The minimum absolute atomic E-state index is 0.159. The van der Waals surface area contributed by atoms with E-state index in [1.54, 1.807) is 0 Å². The van der Waals surface area contributed by atoms with Crippen molar-refractivity contribution in [1.82, 2.24) is 0 Å². The molecule has 0 saturated carbocycles. The molecular weight excluding hydrogens is 200 g/mol. The molecule has 1 saturated heterocycles. The summed E-state index contributed by atoms with van der Waals surface area (Å²) >= 11 is 5.99. The van der Waals surface area contributed by atoms with E-state index >= 15 is 0 Å². The summed E-state index contributed by atoms with van der Waals surface area (Å²) in [5, 5.41) is 0.761. The SMILES string of the molecule is C[C@@H](OCc1ccccc1Cl)[C@H]1CO1. The summed E-state index contributed by atoms with van der Waals surface area (Å²) in [5.74, 6) is 0. The first-order chi connectivity index (χ1) is 6.77. The Balaban J connectivity index is 1.87. The molecule has 0 N–H and O–H groups in total. The second-order valence-electron chi connectivity index (χ2n) is 3.48. The zero-order valence-corrected chi connectivity index (χ0v) is 8.83. The Morgan fingerprint density at radius 1 is 1.57 bits per heavy atom. The average Bonchev–Trinajstić information content (AvgIpc) is 2.99. The van der Waals surface area contributed by atoms with Crippen molar-refractivity contribution in [2.45, 2.75) is 25.7 Å². The zero-order valence-electron chi connectivity index (χ0n) is 8.07. The van der Waals surface area contributed by atoms with E-state index in [-0.39, 0.29) is 12.2 Å². The molecule has 0 spiro atoms. The van der Waals surface area contributed by atoms with Gasteiger partial charge in [-0.2, -0.15) is 0 Å². The average molecular weight is 213 g/mol. The first-order valence-corrected chi connectivity index (χ1v) is 5.12. The molecule has 0 radical (unpaired) electrons. The van der Waals surface area contributed by atoms with Crippen LogP contribution in [0.3, 0.4) is 0 Å². The van der Waals surface area contributed by atoms with Crippen molar-refractivity contribution in [3.8, 4) is 0 Å². The Kier molecular flexibility index (Phi) is 3.06. The standard InChI is InChI=1S/C11H13ClO2/c1-8(11-7-14-11)13-6-9-4-2-3-5-10(9)12/h2-5,8,11H,6-7H2,1H3/t8-,11-/m1/s1. The van der Waals surface area contributed by atoms with Gasteiger partial charge in [-0.3, -0.25) is 0 Å². The molecule has 76 valence electrons. The van der Waals surface area contributed by atoms with Gasteiger partial charge in [-0.15, -0.1) is 0 Å². The van der Waals surface area contributed by atoms with Crippen LogP contribution >= 0.6 is 11.6 Å². The van der Waals surface area contributed by atoms with Gasteiger partial charge in [0.15, 0.2) is 0 Å². The van der Waals surface area contributed by atoms with E-state index in [9.17, 15) is 0 Å². The predicted octanol–water partition coefficient (Wildman–Crippen LogP) is 2.64. The third kappa shape index (κ3) is 2.47. The highest BCUT2D eigenvalue weighted by molar-refractivity contribution is 6.31. The third-order valence-corrected chi connectivity index (χ3v) is 2.71. The first-order valence-electron chi connectivity index (χ1n) is 4.74. The van der Waals surface area contributed by atoms with Gasteiger partial charge in [0, 0.05) is 5.02 Å². The number of ether oxygens (including phenoxy) is 2. The normalized spacial score (nSPS) is 22.0. The molecule has 1 aliphatic rings. The monoisotopic (exact) mass is 212 g/mol. The molecule has 0 aromatic heterocycles. The van der Waals surface area contributed by atoms with Crippen molar-refractivity contribution in [3.05, 3.63) is 34.9 Å². The topological polar surface area (TPSA) is 21.8 Å². The lowest BCUT2D eigenvalue weighted by atomic mass is 10.2. The van der Waals surface area contributed by atoms with E-state index in [2.05, 4.69) is 0 Å². The first kappa shape index (κ1) is 9.97. The van der Waals surface area contributed by atoms with Gasteiger partial charge in [0.1, 0.15) is 6.10 Å². The fourth-order valence-corrected chi connectivity index (χ4v) is 1.46. The molecule has 1 aromatic rings. The molecule has 1 aromatic carbocycles. The second-order valence-corrected chi connectivity index (χ2v) is 3.89. The van der Waals surface area contributed by atoms with Crippen LogP contribution in [0.2, 0.25) is 5.02 Å². The van der Waals surface area contributed by atoms with Crippen molar-refractivity contribution in [1.29, 1.82) is 0 Å². The van der Waals surface area contributed by atoms with Gasteiger partial charge in [0.05, 0.1) is 19.3 Å². The van der Waals surface area contributed by atoms with E-state index < -0.39 is 0 Å². The van der Waals surface area contributed by atoms with Crippen LogP contribution in [-0.2, 0) is 16.1 Å². The quantitative estimate of drug-likeness (QED) is 0.716. The maximum atomic E-state index is 5.99. The number of rotatable bonds is 4. The van der Waals surface area contributed by atoms with Gasteiger partial charge in [-0.25, -0.2) is 0 Å². The van der Waals surface area contributed by atoms with Crippen molar-refractivity contribution < 1.29 is 9.47 Å². The summed E-state index contributed by atoms with van der Waals surface area (Å²) in [4.78, 5) is 0. The largest absolute Gasteiger partial charge is 0.371 e. The van der Waals surface area contributed by atoms with Gasteiger partial charge in [0.25, 0.3) is 0 Å². The van der Waals surface area contributed by atoms with Crippen LogP contribution in [0.25, 0.3) is 0 Å². The number of benzene rings is 1. The summed E-state index contributed by atoms with van der Waals surface area (Å²) < 4.78 is 10.8. The van der Waals surface area contributed by atoms with Gasteiger partial charge in [-0.1, -0.05) is 29.8 Å². The Labute approximate surface area is 88.8 Å². The lowest BCUT2D eigenvalue weighted by Crippen LogP contribution is -2.15. The van der Waals surface area contributed by atoms with Crippen LogP contribution in [0, 0.1) is 0 Å². The fraction of sp³-hybridized carbons (Fsp3) is 0.455. The van der Waals surface area contributed by atoms with Crippen molar-refractivity contribution in [2.75, 3.05) is 6.61 Å². The van der Waals surface area contributed by atoms with E-state index in [0.717, 1.165) is 17.2 Å². The molecule has 2 nitrogen and oxygen atoms in total.